The van der Waals surface area contributed by atoms with E-state index in [4.69, 9.17) is 0 Å². The molecule has 5 rings (SSSR count). The summed E-state index contributed by atoms with van der Waals surface area (Å²) in [5, 5.41) is 2.90. The van der Waals surface area contributed by atoms with Crippen LogP contribution in [-0.2, 0) is 19.3 Å². The van der Waals surface area contributed by atoms with E-state index in [1.165, 1.54) is 16.7 Å². The molecule has 6 nitrogen and oxygen atoms in total. The van der Waals surface area contributed by atoms with Crippen LogP contribution in [0.1, 0.15) is 11.1 Å². The summed E-state index contributed by atoms with van der Waals surface area (Å²) in [7, 11) is 0. The van der Waals surface area contributed by atoms with E-state index in [-0.39, 0.29) is 30.0 Å². The Hall–Kier alpha value is -3.58. The fourth-order valence-corrected chi connectivity index (χ4v) is 5.70. The molecule has 160 valence electrons. The van der Waals surface area contributed by atoms with Crippen LogP contribution in [0, 0.1) is 6.92 Å². The monoisotopic (exact) mass is 443 g/mol. The van der Waals surface area contributed by atoms with Crippen LogP contribution in [0.4, 0.5) is 17.1 Å². The second kappa shape index (κ2) is 7.84. The second-order valence-electron chi connectivity index (χ2n) is 7.77. The lowest BCUT2D eigenvalue weighted by molar-refractivity contribution is -0.124. The van der Waals surface area contributed by atoms with Crippen molar-refractivity contribution in [3.63, 3.8) is 0 Å². The number of carbonyl (C=O) groups excluding carboxylic acids is 3. The van der Waals surface area contributed by atoms with Crippen LogP contribution in [0.15, 0.2) is 78.9 Å². The standard InChI is InChI=1S/C25H21N3O3S/c1-17-9-5-7-13-20(17)26-22(29)15-27-21-14-8-6-12-19(21)25(24(27)31)28(23(30)16-32-25)18-10-3-2-4-11-18/h2-14H,15-16H2,1H3,(H,26,29)/t25-/m0/s1. The molecule has 2 aliphatic heterocycles. The zero-order chi connectivity index (χ0) is 22.3. The number of para-hydroxylation sites is 3. The number of hydrogen-bond donors (Lipinski definition) is 1. The number of fused-ring (bicyclic) bond motifs is 2. The number of amides is 3. The van der Waals surface area contributed by atoms with E-state index >= 15 is 0 Å². The lowest BCUT2D eigenvalue weighted by Crippen LogP contribution is -2.50. The van der Waals surface area contributed by atoms with Gasteiger partial charge in [0.15, 0.2) is 0 Å². The maximum Gasteiger partial charge on any atom is 0.269 e. The summed E-state index contributed by atoms with van der Waals surface area (Å²) in [5.41, 5.74) is 3.70. The van der Waals surface area contributed by atoms with Gasteiger partial charge in [0.25, 0.3) is 5.91 Å². The molecule has 1 fully saturated rings. The SMILES string of the molecule is Cc1ccccc1NC(=O)CN1C(=O)[C@@]2(SCC(=O)N2c2ccccc2)c2ccccc21. The van der Waals surface area contributed by atoms with Crippen LogP contribution in [-0.4, -0.2) is 30.0 Å². The Labute approximate surface area is 190 Å². The van der Waals surface area contributed by atoms with Crippen molar-refractivity contribution in [1.29, 1.82) is 0 Å². The van der Waals surface area contributed by atoms with E-state index in [2.05, 4.69) is 5.32 Å². The molecule has 3 aromatic carbocycles. The molecule has 0 aliphatic carbocycles. The molecule has 1 saturated heterocycles. The Kier molecular flexibility index (Phi) is 4.98. The average Bonchev–Trinajstić information content (AvgIpc) is 3.27. The van der Waals surface area contributed by atoms with E-state index in [0.29, 0.717) is 17.1 Å². The maximum atomic E-state index is 13.9. The Morgan fingerprint density at radius 1 is 0.969 bits per heavy atom. The van der Waals surface area contributed by atoms with E-state index in [1.54, 1.807) is 4.90 Å². The summed E-state index contributed by atoms with van der Waals surface area (Å²) in [5.74, 6) is -0.507. The van der Waals surface area contributed by atoms with E-state index in [0.717, 1.165) is 11.1 Å². The zero-order valence-electron chi connectivity index (χ0n) is 17.4. The van der Waals surface area contributed by atoms with Crippen LogP contribution in [0.25, 0.3) is 0 Å². The van der Waals surface area contributed by atoms with Crippen LogP contribution in [0.5, 0.6) is 0 Å². The Morgan fingerprint density at radius 3 is 2.44 bits per heavy atom. The summed E-state index contributed by atoms with van der Waals surface area (Å²) in [6.45, 7) is 1.78. The highest BCUT2D eigenvalue weighted by molar-refractivity contribution is 8.02. The molecule has 0 aromatic heterocycles. The molecule has 0 unspecified atom stereocenters. The van der Waals surface area contributed by atoms with Gasteiger partial charge >= 0.3 is 0 Å². The summed E-state index contributed by atoms with van der Waals surface area (Å²) >= 11 is 1.30. The lowest BCUT2D eigenvalue weighted by atomic mass is 10.0. The van der Waals surface area contributed by atoms with Gasteiger partial charge in [0.1, 0.15) is 6.54 Å². The molecule has 7 heteroatoms. The highest BCUT2D eigenvalue weighted by Crippen LogP contribution is 2.55. The van der Waals surface area contributed by atoms with Gasteiger partial charge in [0, 0.05) is 16.9 Å². The average molecular weight is 444 g/mol. The highest BCUT2D eigenvalue weighted by Gasteiger charge is 2.61. The first-order valence-corrected chi connectivity index (χ1v) is 11.3. The molecule has 3 aromatic rings. The van der Waals surface area contributed by atoms with Gasteiger partial charge in [0.2, 0.25) is 16.7 Å². The van der Waals surface area contributed by atoms with Gasteiger partial charge in [-0.25, -0.2) is 0 Å². The second-order valence-corrected chi connectivity index (χ2v) is 8.94. The lowest BCUT2D eigenvalue weighted by Gasteiger charge is -2.33. The minimum absolute atomic E-state index is 0.129. The molecule has 0 saturated carbocycles. The fraction of sp³-hybridized carbons (Fsp3) is 0.160. The molecule has 3 amide bonds. The van der Waals surface area contributed by atoms with Gasteiger partial charge in [-0.05, 0) is 36.8 Å². The molecule has 0 radical (unpaired) electrons. The number of nitrogens with one attached hydrogen (secondary N) is 1. The molecule has 2 heterocycles. The van der Waals surface area contributed by atoms with Crippen LogP contribution < -0.4 is 15.1 Å². The Morgan fingerprint density at radius 2 is 1.66 bits per heavy atom. The summed E-state index contributed by atoms with van der Waals surface area (Å²) in [4.78, 5) is 41.6. The Balaban J connectivity index is 1.52. The summed E-state index contributed by atoms with van der Waals surface area (Å²) < 4.78 is 0. The van der Waals surface area contributed by atoms with Crippen molar-refractivity contribution in [1.82, 2.24) is 0 Å². The maximum absolute atomic E-state index is 13.9. The van der Waals surface area contributed by atoms with Crippen molar-refractivity contribution < 1.29 is 14.4 Å². The minimum Gasteiger partial charge on any atom is -0.324 e. The summed E-state index contributed by atoms with van der Waals surface area (Å²) in [6, 6.07) is 24.1. The van der Waals surface area contributed by atoms with Crippen molar-refractivity contribution in [2.45, 2.75) is 11.8 Å². The predicted molar refractivity (Wildman–Crippen MR) is 127 cm³/mol. The van der Waals surface area contributed by atoms with Gasteiger partial charge in [0.05, 0.1) is 11.4 Å². The number of rotatable bonds is 4. The normalized spacial score (nSPS) is 19.5. The van der Waals surface area contributed by atoms with Crippen molar-refractivity contribution in [3.8, 4) is 0 Å². The first-order valence-electron chi connectivity index (χ1n) is 10.3. The number of carbonyl (C=O) groups is 3. The number of nitrogens with zero attached hydrogens (tertiary/aromatic N) is 2. The largest absolute Gasteiger partial charge is 0.324 e. The fourth-order valence-electron chi connectivity index (χ4n) is 4.34. The molecule has 1 atom stereocenters. The minimum atomic E-state index is -1.21. The van der Waals surface area contributed by atoms with Crippen molar-refractivity contribution in [2.24, 2.45) is 0 Å². The van der Waals surface area contributed by atoms with Crippen LogP contribution in [0.2, 0.25) is 0 Å². The molecule has 1 spiro atoms. The smallest absolute Gasteiger partial charge is 0.269 e. The Bertz CT molecular complexity index is 1230. The van der Waals surface area contributed by atoms with Gasteiger partial charge < -0.3 is 5.32 Å². The number of benzene rings is 3. The first kappa shape index (κ1) is 20.3. The molecular formula is C25H21N3O3S. The highest BCUT2D eigenvalue weighted by atomic mass is 32.2. The van der Waals surface area contributed by atoms with Crippen LogP contribution in [0.3, 0.4) is 0 Å². The first-order chi connectivity index (χ1) is 15.5. The summed E-state index contributed by atoms with van der Waals surface area (Å²) in [6.07, 6.45) is 0. The van der Waals surface area contributed by atoms with Crippen molar-refractivity contribution in [2.75, 3.05) is 27.4 Å². The van der Waals surface area contributed by atoms with Crippen LogP contribution >= 0.6 is 11.8 Å². The van der Waals surface area contributed by atoms with Crippen molar-refractivity contribution in [3.05, 3.63) is 90.0 Å². The molecular weight excluding hydrogens is 422 g/mol. The number of anilines is 3. The predicted octanol–water partition coefficient (Wildman–Crippen LogP) is 3.91. The molecule has 32 heavy (non-hydrogen) atoms. The number of thioether (sulfide) groups is 1. The van der Waals surface area contributed by atoms with E-state index < -0.39 is 4.87 Å². The van der Waals surface area contributed by atoms with Gasteiger partial charge in [-0.2, -0.15) is 0 Å². The van der Waals surface area contributed by atoms with Gasteiger partial charge in [-0.15, -0.1) is 11.8 Å². The van der Waals surface area contributed by atoms with Crippen molar-refractivity contribution >= 4 is 46.5 Å². The van der Waals surface area contributed by atoms with E-state index in [9.17, 15) is 14.4 Å². The third kappa shape index (κ3) is 3.08. The molecule has 2 aliphatic rings. The third-order valence-electron chi connectivity index (χ3n) is 5.80. The molecule has 0 bridgehead atoms. The quantitative estimate of drug-likeness (QED) is 0.664. The number of hydrogen-bond acceptors (Lipinski definition) is 4. The molecule has 1 N–H and O–H groups in total. The third-order valence-corrected chi connectivity index (χ3v) is 7.19. The van der Waals surface area contributed by atoms with Gasteiger partial charge in [-0.3, -0.25) is 24.2 Å². The zero-order valence-corrected chi connectivity index (χ0v) is 18.3. The van der Waals surface area contributed by atoms with Gasteiger partial charge in [-0.1, -0.05) is 54.6 Å². The topological polar surface area (TPSA) is 69.7 Å². The van der Waals surface area contributed by atoms with E-state index in [1.807, 2.05) is 85.8 Å². The number of aryl methyl sites for hydroxylation is 1.